The summed E-state index contributed by atoms with van der Waals surface area (Å²) in [6.45, 7) is 2.84. The zero-order valence-corrected chi connectivity index (χ0v) is 6.62. The highest BCUT2D eigenvalue weighted by atomic mass is 16.3. The van der Waals surface area contributed by atoms with E-state index in [9.17, 15) is 0 Å². The van der Waals surface area contributed by atoms with Crippen LogP contribution in [0.15, 0.2) is 6.20 Å². The molecule has 0 bridgehead atoms. The molecule has 0 aliphatic heterocycles. The molecule has 1 rings (SSSR count). The van der Waals surface area contributed by atoms with E-state index in [2.05, 4.69) is 5.10 Å². The van der Waals surface area contributed by atoms with Gasteiger partial charge in [-0.1, -0.05) is 0 Å². The van der Waals surface area contributed by atoms with E-state index in [1.807, 2.05) is 13.1 Å². The summed E-state index contributed by atoms with van der Waals surface area (Å²) in [6.07, 6.45) is 2.60. The van der Waals surface area contributed by atoms with Crippen LogP contribution in [0.3, 0.4) is 0 Å². The van der Waals surface area contributed by atoms with Crippen LogP contribution in [0.2, 0.25) is 0 Å². The zero-order chi connectivity index (χ0) is 8.27. The molecule has 1 heterocycles. The normalized spacial score (nSPS) is 10.4. The Bertz CT molecular complexity index is 212. The van der Waals surface area contributed by atoms with Crippen LogP contribution < -0.4 is 5.73 Å². The molecule has 0 aromatic carbocycles. The summed E-state index contributed by atoms with van der Waals surface area (Å²) in [5.41, 5.74) is 6.51. The van der Waals surface area contributed by atoms with Crippen LogP contribution in [0.4, 0.5) is 5.82 Å². The Labute approximate surface area is 65.6 Å². The molecule has 0 radical (unpaired) electrons. The number of aromatic nitrogens is 2. The quantitative estimate of drug-likeness (QED) is 0.653. The van der Waals surface area contributed by atoms with Crippen LogP contribution >= 0.6 is 0 Å². The van der Waals surface area contributed by atoms with E-state index >= 15 is 0 Å². The van der Waals surface area contributed by atoms with Crippen molar-refractivity contribution >= 4 is 5.82 Å². The van der Waals surface area contributed by atoms with Crippen LogP contribution in [0.5, 0.6) is 0 Å². The summed E-state index contributed by atoms with van der Waals surface area (Å²) in [6, 6.07) is 0. The molecule has 4 heteroatoms. The standard InChI is InChI=1S/C7H13N3O/c1-6-5-10(3-2-4-11)9-7(6)8/h5,11H,2-4H2,1H3,(H2,8,9). The van der Waals surface area contributed by atoms with E-state index in [0.717, 1.165) is 18.5 Å². The van der Waals surface area contributed by atoms with E-state index < -0.39 is 0 Å². The topological polar surface area (TPSA) is 64.1 Å². The number of aliphatic hydroxyl groups excluding tert-OH is 1. The van der Waals surface area contributed by atoms with Crippen LogP contribution in [0.1, 0.15) is 12.0 Å². The van der Waals surface area contributed by atoms with Gasteiger partial charge in [-0.15, -0.1) is 0 Å². The molecular formula is C7H13N3O. The van der Waals surface area contributed by atoms with Gasteiger partial charge in [0.25, 0.3) is 0 Å². The summed E-state index contributed by atoms with van der Waals surface area (Å²) >= 11 is 0. The molecule has 62 valence electrons. The molecule has 0 fully saturated rings. The molecule has 0 amide bonds. The number of hydrogen-bond acceptors (Lipinski definition) is 3. The van der Waals surface area contributed by atoms with Crippen molar-refractivity contribution in [1.82, 2.24) is 9.78 Å². The smallest absolute Gasteiger partial charge is 0.148 e. The van der Waals surface area contributed by atoms with Crippen LogP contribution in [-0.2, 0) is 6.54 Å². The summed E-state index contributed by atoms with van der Waals surface area (Å²) in [5, 5.41) is 12.6. The molecule has 0 atom stereocenters. The molecule has 11 heavy (non-hydrogen) atoms. The number of anilines is 1. The lowest BCUT2D eigenvalue weighted by Gasteiger charge is -1.96. The van der Waals surface area contributed by atoms with Gasteiger partial charge in [0.05, 0.1) is 0 Å². The minimum Gasteiger partial charge on any atom is -0.396 e. The first-order valence-electron chi connectivity index (χ1n) is 3.64. The van der Waals surface area contributed by atoms with Crippen LogP contribution in [-0.4, -0.2) is 21.5 Å². The number of aryl methyl sites for hydroxylation is 2. The van der Waals surface area contributed by atoms with Gasteiger partial charge in [-0.2, -0.15) is 5.10 Å². The lowest BCUT2D eigenvalue weighted by molar-refractivity contribution is 0.277. The van der Waals surface area contributed by atoms with E-state index in [0.29, 0.717) is 5.82 Å². The molecule has 0 aliphatic carbocycles. The van der Waals surface area contributed by atoms with Gasteiger partial charge in [0.15, 0.2) is 0 Å². The van der Waals surface area contributed by atoms with Crippen molar-refractivity contribution in [3.63, 3.8) is 0 Å². The predicted molar refractivity (Wildman–Crippen MR) is 43.1 cm³/mol. The fourth-order valence-corrected chi connectivity index (χ4v) is 0.883. The zero-order valence-electron chi connectivity index (χ0n) is 6.62. The second-order valence-electron chi connectivity index (χ2n) is 2.54. The van der Waals surface area contributed by atoms with Gasteiger partial charge < -0.3 is 10.8 Å². The molecule has 3 N–H and O–H groups in total. The molecule has 0 unspecified atom stereocenters. The number of nitrogens with zero attached hydrogens (tertiary/aromatic N) is 2. The van der Waals surface area contributed by atoms with Gasteiger partial charge in [0, 0.05) is 24.9 Å². The molecule has 0 saturated heterocycles. The second-order valence-corrected chi connectivity index (χ2v) is 2.54. The summed E-state index contributed by atoms with van der Waals surface area (Å²) < 4.78 is 1.75. The first kappa shape index (κ1) is 8.07. The van der Waals surface area contributed by atoms with Gasteiger partial charge in [-0.25, -0.2) is 0 Å². The average molecular weight is 155 g/mol. The lowest BCUT2D eigenvalue weighted by Crippen LogP contribution is -2.01. The fourth-order valence-electron chi connectivity index (χ4n) is 0.883. The lowest BCUT2D eigenvalue weighted by atomic mass is 10.4. The van der Waals surface area contributed by atoms with Gasteiger partial charge in [0.1, 0.15) is 5.82 Å². The molecule has 0 aliphatic rings. The Morgan fingerprint density at radius 3 is 2.91 bits per heavy atom. The second kappa shape index (κ2) is 3.39. The van der Waals surface area contributed by atoms with Crippen molar-refractivity contribution < 1.29 is 5.11 Å². The van der Waals surface area contributed by atoms with E-state index in [4.69, 9.17) is 10.8 Å². The summed E-state index contributed by atoms with van der Waals surface area (Å²) in [4.78, 5) is 0. The highest BCUT2D eigenvalue weighted by Crippen LogP contribution is 2.05. The van der Waals surface area contributed by atoms with Gasteiger partial charge in [-0.05, 0) is 13.3 Å². The summed E-state index contributed by atoms with van der Waals surface area (Å²) in [5.74, 6) is 0.572. The summed E-state index contributed by atoms with van der Waals surface area (Å²) in [7, 11) is 0. The number of aliphatic hydroxyl groups is 1. The molecule has 1 aromatic heterocycles. The van der Waals surface area contributed by atoms with E-state index in [1.165, 1.54) is 0 Å². The fraction of sp³-hybridized carbons (Fsp3) is 0.571. The van der Waals surface area contributed by atoms with Crippen molar-refractivity contribution in [3.05, 3.63) is 11.8 Å². The van der Waals surface area contributed by atoms with Crippen LogP contribution in [0, 0.1) is 6.92 Å². The third-order valence-corrected chi connectivity index (χ3v) is 1.53. The van der Waals surface area contributed by atoms with Crippen molar-refractivity contribution in [2.75, 3.05) is 12.3 Å². The number of hydrogen-bond donors (Lipinski definition) is 2. The Kier molecular flexibility index (Phi) is 2.48. The monoisotopic (exact) mass is 155 g/mol. The third kappa shape index (κ3) is 1.94. The molecule has 0 spiro atoms. The Morgan fingerprint density at radius 1 is 1.73 bits per heavy atom. The van der Waals surface area contributed by atoms with Gasteiger partial charge in [0.2, 0.25) is 0 Å². The van der Waals surface area contributed by atoms with Crippen LogP contribution in [0.25, 0.3) is 0 Å². The maximum atomic E-state index is 8.53. The Balaban J connectivity index is 2.58. The van der Waals surface area contributed by atoms with Crippen molar-refractivity contribution in [2.24, 2.45) is 0 Å². The SMILES string of the molecule is Cc1cn(CCCO)nc1N. The highest BCUT2D eigenvalue weighted by Gasteiger charge is 1.98. The number of nitrogen functional groups attached to an aromatic ring is 1. The van der Waals surface area contributed by atoms with Crippen molar-refractivity contribution in [1.29, 1.82) is 0 Å². The molecule has 1 aromatic rings. The Morgan fingerprint density at radius 2 is 2.45 bits per heavy atom. The van der Waals surface area contributed by atoms with Crippen molar-refractivity contribution in [3.8, 4) is 0 Å². The maximum absolute atomic E-state index is 8.53. The highest BCUT2D eigenvalue weighted by molar-refractivity contribution is 5.35. The third-order valence-electron chi connectivity index (χ3n) is 1.53. The average Bonchev–Trinajstić information content (AvgIpc) is 2.28. The number of nitrogens with two attached hydrogens (primary N) is 1. The van der Waals surface area contributed by atoms with E-state index in [1.54, 1.807) is 4.68 Å². The number of rotatable bonds is 3. The van der Waals surface area contributed by atoms with Gasteiger partial charge in [-0.3, -0.25) is 4.68 Å². The first-order valence-corrected chi connectivity index (χ1v) is 3.64. The maximum Gasteiger partial charge on any atom is 0.148 e. The van der Waals surface area contributed by atoms with E-state index in [-0.39, 0.29) is 6.61 Å². The Hall–Kier alpha value is -1.03. The van der Waals surface area contributed by atoms with Crippen molar-refractivity contribution in [2.45, 2.75) is 19.9 Å². The molecular weight excluding hydrogens is 142 g/mol. The van der Waals surface area contributed by atoms with Gasteiger partial charge >= 0.3 is 0 Å². The largest absolute Gasteiger partial charge is 0.396 e. The first-order chi connectivity index (χ1) is 5.24. The predicted octanol–water partition coefficient (Wildman–Crippen LogP) is 0.156. The molecule has 0 saturated carbocycles. The minimum absolute atomic E-state index is 0.193. The molecule has 4 nitrogen and oxygen atoms in total. The minimum atomic E-state index is 0.193.